The lowest BCUT2D eigenvalue weighted by atomic mass is 10.1. The van der Waals surface area contributed by atoms with Gasteiger partial charge in [-0.15, -0.1) is 0 Å². The Hall–Kier alpha value is -4.35. The second kappa shape index (κ2) is 12.0. The van der Waals surface area contributed by atoms with Crippen molar-refractivity contribution >= 4 is 43.0 Å². The van der Waals surface area contributed by atoms with Gasteiger partial charge in [0.25, 0.3) is 20.0 Å². The van der Waals surface area contributed by atoms with Crippen LogP contribution in [0.3, 0.4) is 0 Å². The van der Waals surface area contributed by atoms with Gasteiger partial charge in [0.05, 0.1) is 28.3 Å². The number of nitrogens with one attached hydrogen (secondary N) is 2. The molecule has 9 nitrogen and oxygen atoms in total. The number of carbonyl (C=O) groups is 1. The van der Waals surface area contributed by atoms with Crippen molar-refractivity contribution in [1.82, 2.24) is 0 Å². The number of rotatable bonds is 10. The fraction of sp³-hybridized carbons (Fsp3) is 0.167. The maximum Gasteiger partial charge on any atom is 0.264 e. The van der Waals surface area contributed by atoms with Crippen molar-refractivity contribution in [2.45, 2.75) is 30.6 Å². The standard InChI is InChI=1S/C30H31N3O6S2/c1-21-6-15-28(16-7-21)41(37,38)33(25-11-13-26(39-4)14-12-25)20-30(34)31-24-9-17-27(18-10-24)40(35,36)32-29-19-22(2)5-8-23(29)3/h5-19,32H,20H2,1-4H3,(H,31,34). The van der Waals surface area contributed by atoms with Gasteiger partial charge in [0, 0.05) is 5.69 Å². The molecule has 0 aliphatic heterocycles. The Kier molecular flexibility index (Phi) is 8.69. The van der Waals surface area contributed by atoms with Gasteiger partial charge in [0.2, 0.25) is 5.91 Å². The largest absolute Gasteiger partial charge is 0.497 e. The molecule has 0 heterocycles. The zero-order valence-electron chi connectivity index (χ0n) is 23.1. The predicted octanol–water partition coefficient (Wildman–Crippen LogP) is 5.26. The maximum absolute atomic E-state index is 13.6. The van der Waals surface area contributed by atoms with E-state index in [0.717, 1.165) is 21.0 Å². The van der Waals surface area contributed by atoms with Gasteiger partial charge in [0.15, 0.2) is 0 Å². The second-order valence-corrected chi connectivity index (χ2v) is 13.1. The van der Waals surface area contributed by atoms with Crippen molar-refractivity contribution < 1.29 is 26.4 Å². The normalized spacial score (nSPS) is 11.5. The highest BCUT2D eigenvalue weighted by molar-refractivity contribution is 7.93. The molecule has 0 aliphatic carbocycles. The minimum absolute atomic E-state index is 0.0122. The minimum atomic E-state index is -4.10. The topological polar surface area (TPSA) is 122 Å². The Morgan fingerprint density at radius 2 is 1.34 bits per heavy atom. The van der Waals surface area contributed by atoms with Gasteiger partial charge in [-0.2, -0.15) is 0 Å². The highest BCUT2D eigenvalue weighted by Crippen LogP contribution is 2.27. The molecule has 41 heavy (non-hydrogen) atoms. The Morgan fingerprint density at radius 3 is 1.95 bits per heavy atom. The minimum Gasteiger partial charge on any atom is -0.497 e. The lowest BCUT2D eigenvalue weighted by Crippen LogP contribution is -2.38. The average molecular weight is 594 g/mol. The smallest absolute Gasteiger partial charge is 0.264 e. The summed E-state index contributed by atoms with van der Waals surface area (Å²) in [6.45, 7) is 5.01. The van der Waals surface area contributed by atoms with Gasteiger partial charge in [-0.05, 0) is 98.6 Å². The summed E-state index contributed by atoms with van der Waals surface area (Å²) in [5, 5.41) is 2.66. The summed E-state index contributed by atoms with van der Waals surface area (Å²) in [4.78, 5) is 13.1. The molecule has 0 saturated carbocycles. The van der Waals surface area contributed by atoms with Crippen LogP contribution in [0.2, 0.25) is 0 Å². The molecule has 0 bridgehead atoms. The molecule has 0 aliphatic rings. The predicted molar refractivity (Wildman–Crippen MR) is 161 cm³/mol. The van der Waals surface area contributed by atoms with E-state index in [1.54, 1.807) is 42.5 Å². The first-order valence-corrected chi connectivity index (χ1v) is 15.5. The van der Waals surface area contributed by atoms with Crippen molar-refractivity contribution in [2.75, 3.05) is 28.0 Å². The van der Waals surface area contributed by atoms with E-state index in [4.69, 9.17) is 4.74 Å². The number of benzene rings is 4. The van der Waals surface area contributed by atoms with Gasteiger partial charge in [-0.1, -0.05) is 29.8 Å². The first kappa shape index (κ1) is 29.6. The first-order valence-electron chi connectivity index (χ1n) is 12.6. The fourth-order valence-corrected chi connectivity index (χ4v) is 6.54. The van der Waals surface area contributed by atoms with Gasteiger partial charge < -0.3 is 10.1 Å². The second-order valence-electron chi connectivity index (χ2n) is 9.52. The van der Waals surface area contributed by atoms with Gasteiger partial charge in [-0.25, -0.2) is 16.8 Å². The number of amides is 1. The molecule has 0 spiro atoms. The summed E-state index contributed by atoms with van der Waals surface area (Å²) in [5.41, 5.74) is 3.66. The SMILES string of the molecule is COc1ccc(N(CC(=O)Nc2ccc(S(=O)(=O)Nc3cc(C)ccc3C)cc2)S(=O)(=O)c2ccc(C)cc2)cc1. The van der Waals surface area contributed by atoms with E-state index >= 15 is 0 Å². The molecule has 4 aromatic carbocycles. The van der Waals surface area contributed by atoms with Crippen LogP contribution in [-0.2, 0) is 24.8 Å². The van der Waals surface area contributed by atoms with Crippen LogP contribution in [0.25, 0.3) is 0 Å². The molecule has 2 N–H and O–H groups in total. The van der Waals surface area contributed by atoms with Crippen molar-refractivity contribution in [1.29, 1.82) is 0 Å². The summed E-state index contributed by atoms with van der Waals surface area (Å²) >= 11 is 0. The highest BCUT2D eigenvalue weighted by atomic mass is 32.2. The van der Waals surface area contributed by atoms with E-state index < -0.39 is 32.5 Å². The van der Waals surface area contributed by atoms with E-state index in [2.05, 4.69) is 10.0 Å². The van der Waals surface area contributed by atoms with Crippen LogP contribution < -0.4 is 19.1 Å². The van der Waals surface area contributed by atoms with E-state index in [1.807, 2.05) is 32.9 Å². The number of nitrogens with zero attached hydrogens (tertiary/aromatic N) is 1. The zero-order chi connectivity index (χ0) is 29.8. The third kappa shape index (κ3) is 7.05. The van der Waals surface area contributed by atoms with Gasteiger partial charge in [0.1, 0.15) is 12.3 Å². The number of aryl methyl sites for hydroxylation is 3. The van der Waals surface area contributed by atoms with Gasteiger partial charge in [-0.3, -0.25) is 13.8 Å². The van der Waals surface area contributed by atoms with E-state index in [9.17, 15) is 21.6 Å². The summed E-state index contributed by atoms with van der Waals surface area (Å²) in [7, 11) is -6.47. The van der Waals surface area contributed by atoms with Crippen LogP contribution >= 0.6 is 0 Å². The molecule has 0 saturated heterocycles. The number of methoxy groups -OCH3 is 1. The van der Waals surface area contributed by atoms with E-state index in [-0.39, 0.29) is 15.5 Å². The molecular formula is C30H31N3O6S2. The van der Waals surface area contributed by atoms with Crippen LogP contribution in [0, 0.1) is 20.8 Å². The van der Waals surface area contributed by atoms with Crippen LogP contribution in [0.15, 0.2) is 101 Å². The molecule has 214 valence electrons. The Balaban J connectivity index is 1.54. The van der Waals surface area contributed by atoms with Crippen molar-refractivity contribution in [3.63, 3.8) is 0 Å². The number of ether oxygens (including phenoxy) is 1. The summed E-state index contributed by atoms with van der Waals surface area (Å²) in [6.07, 6.45) is 0. The Morgan fingerprint density at radius 1 is 0.756 bits per heavy atom. The summed E-state index contributed by atoms with van der Waals surface area (Å²) < 4.78 is 61.8. The molecule has 0 radical (unpaired) electrons. The number of hydrogen-bond acceptors (Lipinski definition) is 6. The lowest BCUT2D eigenvalue weighted by Gasteiger charge is -2.24. The molecule has 11 heteroatoms. The lowest BCUT2D eigenvalue weighted by molar-refractivity contribution is -0.114. The van der Waals surface area contributed by atoms with Crippen LogP contribution in [0.1, 0.15) is 16.7 Å². The quantitative estimate of drug-likeness (QED) is 0.259. The molecule has 4 rings (SSSR count). The average Bonchev–Trinajstić information content (AvgIpc) is 2.94. The summed E-state index contributed by atoms with van der Waals surface area (Å²) in [6, 6.07) is 23.8. The fourth-order valence-electron chi connectivity index (χ4n) is 4.00. The summed E-state index contributed by atoms with van der Waals surface area (Å²) in [5.74, 6) is -0.0754. The maximum atomic E-state index is 13.6. The number of hydrogen-bond donors (Lipinski definition) is 2. The molecule has 0 unspecified atom stereocenters. The van der Waals surface area contributed by atoms with E-state index in [1.165, 1.54) is 43.5 Å². The monoisotopic (exact) mass is 593 g/mol. The van der Waals surface area contributed by atoms with Crippen molar-refractivity contribution in [3.8, 4) is 5.75 Å². The molecule has 0 fully saturated rings. The number of carbonyl (C=O) groups excluding carboxylic acids is 1. The third-order valence-electron chi connectivity index (χ3n) is 6.34. The Labute approximate surface area is 240 Å². The molecular weight excluding hydrogens is 562 g/mol. The van der Waals surface area contributed by atoms with Gasteiger partial charge >= 0.3 is 0 Å². The molecule has 1 amide bonds. The third-order valence-corrected chi connectivity index (χ3v) is 9.51. The van der Waals surface area contributed by atoms with Crippen LogP contribution in [-0.4, -0.2) is 36.4 Å². The number of sulfonamides is 2. The molecule has 0 atom stereocenters. The van der Waals surface area contributed by atoms with Crippen LogP contribution in [0.4, 0.5) is 17.1 Å². The first-order chi connectivity index (χ1) is 19.4. The molecule has 0 aromatic heterocycles. The molecule has 4 aromatic rings. The van der Waals surface area contributed by atoms with Crippen molar-refractivity contribution in [3.05, 3.63) is 108 Å². The number of anilines is 3. The van der Waals surface area contributed by atoms with E-state index in [0.29, 0.717) is 17.1 Å². The Bertz CT molecular complexity index is 1750. The zero-order valence-corrected chi connectivity index (χ0v) is 24.7. The van der Waals surface area contributed by atoms with Crippen LogP contribution in [0.5, 0.6) is 5.75 Å². The van der Waals surface area contributed by atoms with Crippen molar-refractivity contribution in [2.24, 2.45) is 0 Å². The highest BCUT2D eigenvalue weighted by Gasteiger charge is 2.27.